The van der Waals surface area contributed by atoms with Crippen molar-refractivity contribution in [3.8, 4) is 0 Å². The van der Waals surface area contributed by atoms with Crippen LogP contribution in [0, 0.1) is 0 Å². The summed E-state index contributed by atoms with van der Waals surface area (Å²) < 4.78 is 25.7. The molecule has 28 heavy (non-hydrogen) atoms. The van der Waals surface area contributed by atoms with Crippen molar-refractivity contribution >= 4 is 42.9 Å². The predicted octanol–water partition coefficient (Wildman–Crippen LogP) is 2.33. The molecule has 0 atom stereocenters. The number of aromatic nitrogens is 5. The molecule has 0 saturated heterocycles. The summed E-state index contributed by atoms with van der Waals surface area (Å²) in [5.41, 5.74) is 1.15. The maximum Gasteiger partial charge on any atom is 0.295 e. The Morgan fingerprint density at radius 1 is 1.18 bits per heavy atom. The van der Waals surface area contributed by atoms with E-state index in [-0.39, 0.29) is 34.7 Å². The Kier molecular flexibility index (Phi) is 5.75. The molecular weight excluding hydrogens is 448 g/mol. The number of sulfone groups is 1. The zero-order valence-corrected chi connectivity index (χ0v) is 18.0. The molecule has 0 radical (unpaired) electrons. The zero-order valence-electron chi connectivity index (χ0n) is 15.5. The van der Waals surface area contributed by atoms with Crippen molar-refractivity contribution in [3.63, 3.8) is 0 Å². The monoisotopic (exact) mass is 466 g/mol. The fourth-order valence-electron chi connectivity index (χ4n) is 2.58. The van der Waals surface area contributed by atoms with Gasteiger partial charge in [0.15, 0.2) is 32.0 Å². The van der Waals surface area contributed by atoms with E-state index in [9.17, 15) is 13.2 Å². The van der Waals surface area contributed by atoms with E-state index in [1.54, 1.807) is 13.0 Å². The fourth-order valence-corrected chi connectivity index (χ4v) is 3.64. The second-order valence-electron chi connectivity index (χ2n) is 6.33. The maximum absolute atomic E-state index is 12.8. The molecule has 3 rings (SSSR count). The van der Waals surface area contributed by atoms with Crippen LogP contribution in [0.15, 0.2) is 39.0 Å². The van der Waals surface area contributed by atoms with Crippen molar-refractivity contribution in [2.45, 2.75) is 38.4 Å². The number of nitrogens with one attached hydrogen (secondary N) is 1. The van der Waals surface area contributed by atoms with Crippen molar-refractivity contribution in [3.05, 3.63) is 45.0 Å². The summed E-state index contributed by atoms with van der Waals surface area (Å²) in [6, 6.07) is 2.97. The van der Waals surface area contributed by atoms with Crippen molar-refractivity contribution in [1.82, 2.24) is 24.5 Å². The minimum Gasteiger partial charge on any atom is -0.361 e. The van der Waals surface area contributed by atoms with E-state index < -0.39 is 9.84 Å². The lowest BCUT2D eigenvalue weighted by atomic mass is 10.3. The van der Waals surface area contributed by atoms with Gasteiger partial charge in [-0.25, -0.2) is 28.4 Å². The average molecular weight is 467 g/mol. The van der Waals surface area contributed by atoms with Gasteiger partial charge in [-0.05, 0) is 41.4 Å². The third-order valence-corrected chi connectivity index (χ3v) is 6.07. The summed E-state index contributed by atoms with van der Waals surface area (Å²) in [4.78, 5) is 29.7. The van der Waals surface area contributed by atoms with Gasteiger partial charge in [-0.15, -0.1) is 0 Å². The van der Waals surface area contributed by atoms with Crippen molar-refractivity contribution in [2.75, 3.05) is 11.1 Å². The second-order valence-corrected chi connectivity index (χ2v) is 9.37. The first kappa shape index (κ1) is 20.3. The predicted molar refractivity (Wildman–Crippen MR) is 109 cm³/mol. The molecule has 0 aromatic carbocycles. The number of halogens is 1. The molecule has 0 aliphatic carbocycles. The topological polar surface area (TPSA) is 120 Å². The van der Waals surface area contributed by atoms with Gasteiger partial charge in [0.25, 0.3) is 5.56 Å². The minimum atomic E-state index is -3.35. The van der Waals surface area contributed by atoms with Gasteiger partial charge in [-0.3, -0.25) is 9.36 Å². The normalized spacial score (nSPS) is 11.9. The van der Waals surface area contributed by atoms with E-state index in [0.717, 1.165) is 0 Å². The van der Waals surface area contributed by atoms with E-state index >= 15 is 0 Å². The smallest absolute Gasteiger partial charge is 0.295 e. The molecule has 11 heteroatoms. The summed E-state index contributed by atoms with van der Waals surface area (Å²) in [6.45, 7) is 5.59. The standard InChI is InChI=1S/C17H19BrN6O3S/c1-4-28(26,27)13-6-5-11(7-19-13)8-20-15-17(25)24(10(2)3)16-14(23-15)21-9-12(18)22-16/h5-7,9-10H,4,8H2,1-3H3,(H,20,21,23). The number of pyridine rings is 1. The molecular formula is C17H19BrN6O3S. The van der Waals surface area contributed by atoms with Crippen LogP contribution in [0.4, 0.5) is 5.82 Å². The largest absolute Gasteiger partial charge is 0.361 e. The lowest BCUT2D eigenvalue weighted by molar-refractivity contribution is 0.592. The van der Waals surface area contributed by atoms with Gasteiger partial charge in [0.1, 0.15) is 4.60 Å². The number of nitrogens with zero attached hydrogens (tertiary/aromatic N) is 5. The molecule has 9 nitrogen and oxygen atoms in total. The highest BCUT2D eigenvalue weighted by molar-refractivity contribution is 9.10. The number of hydrogen-bond acceptors (Lipinski definition) is 8. The number of hydrogen-bond donors (Lipinski definition) is 1. The van der Waals surface area contributed by atoms with Gasteiger partial charge in [0.2, 0.25) is 0 Å². The third-order valence-electron chi connectivity index (χ3n) is 4.05. The summed E-state index contributed by atoms with van der Waals surface area (Å²) in [5, 5.41) is 3.02. The van der Waals surface area contributed by atoms with Crippen LogP contribution in [0.1, 0.15) is 32.4 Å². The highest BCUT2D eigenvalue weighted by Crippen LogP contribution is 2.16. The van der Waals surface area contributed by atoms with Gasteiger partial charge < -0.3 is 5.32 Å². The molecule has 0 unspecified atom stereocenters. The van der Waals surface area contributed by atoms with E-state index in [1.165, 1.54) is 23.0 Å². The van der Waals surface area contributed by atoms with Crippen LogP contribution in [0.5, 0.6) is 0 Å². The van der Waals surface area contributed by atoms with Crippen LogP contribution in [-0.2, 0) is 16.4 Å². The molecule has 0 saturated carbocycles. The highest BCUT2D eigenvalue weighted by Gasteiger charge is 2.16. The van der Waals surface area contributed by atoms with Crippen LogP contribution in [0.3, 0.4) is 0 Å². The minimum absolute atomic E-state index is 0.00942. The molecule has 0 fully saturated rings. The van der Waals surface area contributed by atoms with Gasteiger partial charge in [-0.2, -0.15) is 0 Å². The number of rotatable bonds is 6. The Morgan fingerprint density at radius 3 is 2.54 bits per heavy atom. The number of fused-ring (bicyclic) bond motifs is 1. The first-order valence-electron chi connectivity index (χ1n) is 8.59. The number of anilines is 1. The summed E-state index contributed by atoms with van der Waals surface area (Å²) in [5.74, 6) is 0.132. The fraction of sp³-hybridized carbons (Fsp3) is 0.353. The molecule has 0 aliphatic rings. The molecule has 3 aromatic heterocycles. The molecule has 0 spiro atoms. The summed E-state index contributed by atoms with van der Waals surface area (Å²) in [6.07, 6.45) is 2.99. The van der Waals surface area contributed by atoms with Crippen LogP contribution in [0.2, 0.25) is 0 Å². The van der Waals surface area contributed by atoms with Gasteiger partial charge in [0.05, 0.1) is 11.9 Å². The van der Waals surface area contributed by atoms with Gasteiger partial charge in [0, 0.05) is 18.8 Å². The molecule has 0 amide bonds. The molecule has 0 aliphatic heterocycles. The quantitative estimate of drug-likeness (QED) is 0.587. The second kappa shape index (κ2) is 7.92. The van der Waals surface area contributed by atoms with E-state index in [4.69, 9.17) is 0 Å². The zero-order chi connectivity index (χ0) is 20.5. The molecule has 0 bridgehead atoms. The molecule has 3 aromatic rings. The Labute approximate surface area is 170 Å². The van der Waals surface area contributed by atoms with Gasteiger partial charge >= 0.3 is 0 Å². The lowest BCUT2D eigenvalue weighted by Gasteiger charge is -2.14. The Hall–Kier alpha value is -2.40. The van der Waals surface area contributed by atoms with Crippen LogP contribution in [-0.4, -0.2) is 38.7 Å². The van der Waals surface area contributed by atoms with Crippen LogP contribution >= 0.6 is 15.9 Å². The Balaban J connectivity index is 1.92. The molecule has 1 N–H and O–H groups in total. The highest BCUT2D eigenvalue weighted by atomic mass is 79.9. The molecule has 3 heterocycles. The lowest BCUT2D eigenvalue weighted by Crippen LogP contribution is -2.27. The average Bonchev–Trinajstić information content (AvgIpc) is 2.66. The van der Waals surface area contributed by atoms with Crippen molar-refractivity contribution in [2.24, 2.45) is 0 Å². The summed E-state index contributed by atoms with van der Waals surface area (Å²) in [7, 11) is -3.35. The van der Waals surface area contributed by atoms with E-state index in [0.29, 0.717) is 21.5 Å². The van der Waals surface area contributed by atoms with Crippen molar-refractivity contribution < 1.29 is 8.42 Å². The van der Waals surface area contributed by atoms with Crippen LogP contribution < -0.4 is 10.9 Å². The Bertz CT molecular complexity index is 1180. The molecule has 148 valence electrons. The van der Waals surface area contributed by atoms with Crippen molar-refractivity contribution in [1.29, 1.82) is 0 Å². The van der Waals surface area contributed by atoms with E-state index in [2.05, 4.69) is 41.2 Å². The van der Waals surface area contributed by atoms with E-state index in [1.807, 2.05) is 13.8 Å². The third kappa shape index (κ3) is 4.04. The SMILES string of the molecule is CCS(=O)(=O)c1ccc(CNc2nc3ncc(Br)nc3n(C(C)C)c2=O)cn1. The first-order valence-corrected chi connectivity index (χ1v) is 11.0. The Morgan fingerprint density at radius 2 is 1.93 bits per heavy atom. The maximum atomic E-state index is 12.8. The van der Waals surface area contributed by atoms with Gasteiger partial charge in [-0.1, -0.05) is 13.0 Å². The summed E-state index contributed by atoms with van der Waals surface area (Å²) >= 11 is 3.26. The van der Waals surface area contributed by atoms with Crippen LogP contribution in [0.25, 0.3) is 11.3 Å². The first-order chi connectivity index (χ1) is 13.2.